The lowest BCUT2D eigenvalue weighted by atomic mass is 10.00. The standard InChI is InChI=1S/C14H24N4/c1-10(2)13-16-11(3)8-12(17-13)18-7-6-15-9-14(18,4)5/h8,10,15H,6-7,9H2,1-5H3. The first-order valence-corrected chi connectivity index (χ1v) is 6.74. The third-order valence-electron chi connectivity index (χ3n) is 3.45. The zero-order valence-electron chi connectivity index (χ0n) is 12.1. The Hall–Kier alpha value is -1.16. The number of hydrogen-bond donors (Lipinski definition) is 1. The van der Waals surface area contributed by atoms with Crippen molar-refractivity contribution in [2.75, 3.05) is 24.5 Å². The van der Waals surface area contributed by atoms with Crippen molar-refractivity contribution >= 4 is 5.82 Å². The van der Waals surface area contributed by atoms with Gasteiger partial charge in [-0.05, 0) is 20.8 Å². The van der Waals surface area contributed by atoms with Crippen LogP contribution in [0.1, 0.15) is 45.1 Å². The lowest BCUT2D eigenvalue weighted by molar-refractivity contribution is 0.377. The molecule has 1 aromatic heterocycles. The van der Waals surface area contributed by atoms with E-state index in [1.165, 1.54) is 0 Å². The number of piperazine rings is 1. The number of aryl methyl sites for hydroxylation is 1. The van der Waals surface area contributed by atoms with Crippen LogP contribution in [0.5, 0.6) is 0 Å². The normalized spacial score (nSPS) is 19.3. The molecule has 0 aliphatic carbocycles. The zero-order valence-corrected chi connectivity index (χ0v) is 12.1. The van der Waals surface area contributed by atoms with Gasteiger partial charge in [-0.15, -0.1) is 0 Å². The van der Waals surface area contributed by atoms with Gasteiger partial charge in [-0.1, -0.05) is 13.8 Å². The molecule has 0 spiro atoms. The summed E-state index contributed by atoms with van der Waals surface area (Å²) in [7, 11) is 0. The predicted molar refractivity (Wildman–Crippen MR) is 75.2 cm³/mol. The van der Waals surface area contributed by atoms with Gasteiger partial charge in [0.1, 0.15) is 11.6 Å². The molecule has 18 heavy (non-hydrogen) atoms. The van der Waals surface area contributed by atoms with Crippen molar-refractivity contribution in [3.8, 4) is 0 Å². The molecule has 0 unspecified atom stereocenters. The van der Waals surface area contributed by atoms with E-state index < -0.39 is 0 Å². The van der Waals surface area contributed by atoms with E-state index in [0.717, 1.165) is 37.0 Å². The van der Waals surface area contributed by atoms with E-state index in [0.29, 0.717) is 5.92 Å². The molecule has 0 amide bonds. The summed E-state index contributed by atoms with van der Waals surface area (Å²) in [6, 6.07) is 2.10. The molecule has 1 aliphatic heterocycles. The molecule has 0 radical (unpaired) electrons. The van der Waals surface area contributed by atoms with E-state index in [1.54, 1.807) is 0 Å². The van der Waals surface area contributed by atoms with Crippen LogP contribution in [-0.4, -0.2) is 35.1 Å². The molecule has 1 aliphatic rings. The fourth-order valence-corrected chi connectivity index (χ4v) is 2.38. The Kier molecular flexibility index (Phi) is 3.57. The van der Waals surface area contributed by atoms with E-state index in [1.807, 2.05) is 6.92 Å². The lowest BCUT2D eigenvalue weighted by Crippen LogP contribution is -2.58. The van der Waals surface area contributed by atoms with Crippen molar-refractivity contribution < 1.29 is 0 Å². The molecule has 1 aromatic rings. The number of rotatable bonds is 2. The zero-order chi connectivity index (χ0) is 13.3. The van der Waals surface area contributed by atoms with Crippen molar-refractivity contribution in [1.29, 1.82) is 0 Å². The Bertz CT molecular complexity index is 426. The summed E-state index contributed by atoms with van der Waals surface area (Å²) in [5.74, 6) is 2.38. The van der Waals surface area contributed by atoms with Gasteiger partial charge in [0.05, 0.1) is 0 Å². The minimum absolute atomic E-state index is 0.104. The summed E-state index contributed by atoms with van der Waals surface area (Å²) in [5, 5.41) is 3.44. The van der Waals surface area contributed by atoms with Crippen LogP contribution < -0.4 is 10.2 Å². The minimum Gasteiger partial charge on any atom is -0.349 e. The van der Waals surface area contributed by atoms with Crippen molar-refractivity contribution in [3.05, 3.63) is 17.6 Å². The first-order chi connectivity index (χ1) is 8.40. The summed E-state index contributed by atoms with van der Waals surface area (Å²) in [5.41, 5.74) is 1.16. The van der Waals surface area contributed by atoms with E-state index >= 15 is 0 Å². The van der Waals surface area contributed by atoms with Crippen LogP contribution in [0.15, 0.2) is 6.07 Å². The Morgan fingerprint density at radius 1 is 1.33 bits per heavy atom. The second-order valence-electron chi connectivity index (χ2n) is 6.02. The van der Waals surface area contributed by atoms with Crippen molar-refractivity contribution in [1.82, 2.24) is 15.3 Å². The maximum absolute atomic E-state index is 4.74. The minimum atomic E-state index is 0.104. The van der Waals surface area contributed by atoms with Gasteiger partial charge in [0.15, 0.2) is 0 Å². The second kappa shape index (κ2) is 4.84. The van der Waals surface area contributed by atoms with E-state index in [4.69, 9.17) is 4.98 Å². The fourth-order valence-electron chi connectivity index (χ4n) is 2.38. The first kappa shape index (κ1) is 13.3. The van der Waals surface area contributed by atoms with Gasteiger partial charge in [0.25, 0.3) is 0 Å². The SMILES string of the molecule is Cc1cc(N2CCNCC2(C)C)nc(C(C)C)n1. The van der Waals surface area contributed by atoms with Crippen LogP contribution in [-0.2, 0) is 0 Å². The van der Waals surface area contributed by atoms with Crippen LogP contribution in [0.4, 0.5) is 5.82 Å². The van der Waals surface area contributed by atoms with Gasteiger partial charge in [-0.3, -0.25) is 0 Å². The molecule has 4 heteroatoms. The average Bonchev–Trinajstić information content (AvgIpc) is 2.27. The predicted octanol–water partition coefficient (Wildman–Crippen LogP) is 2.10. The Balaban J connectivity index is 2.37. The van der Waals surface area contributed by atoms with E-state index in [2.05, 4.69) is 49.0 Å². The molecular formula is C14H24N4. The summed E-state index contributed by atoms with van der Waals surface area (Å²) in [6.07, 6.45) is 0. The molecule has 0 atom stereocenters. The Morgan fingerprint density at radius 2 is 2.06 bits per heavy atom. The number of aromatic nitrogens is 2. The number of nitrogens with zero attached hydrogens (tertiary/aromatic N) is 3. The molecule has 0 saturated carbocycles. The van der Waals surface area contributed by atoms with E-state index in [-0.39, 0.29) is 5.54 Å². The van der Waals surface area contributed by atoms with Crippen LogP contribution in [0, 0.1) is 6.92 Å². The summed E-state index contributed by atoms with van der Waals surface area (Å²) in [4.78, 5) is 11.7. The highest BCUT2D eigenvalue weighted by atomic mass is 15.3. The van der Waals surface area contributed by atoms with Gasteiger partial charge in [0, 0.05) is 42.9 Å². The summed E-state index contributed by atoms with van der Waals surface area (Å²) in [6.45, 7) is 13.9. The topological polar surface area (TPSA) is 41.0 Å². The summed E-state index contributed by atoms with van der Waals surface area (Å²) < 4.78 is 0. The highest BCUT2D eigenvalue weighted by Crippen LogP contribution is 2.25. The molecular weight excluding hydrogens is 224 g/mol. The lowest BCUT2D eigenvalue weighted by Gasteiger charge is -2.43. The molecule has 1 saturated heterocycles. The van der Waals surface area contributed by atoms with Crippen molar-refractivity contribution in [2.24, 2.45) is 0 Å². The molecule has 100 valence electrons. The molecule has 0 aromatic carbocycles. The number of anilines is 1. The summed E-state index contributed by atoms with van der Waals surface area (Å²) >= 11 is 0. The Morgan fingerprint density at radius 3 is 2.67 bits per heavy atom. The molecule has 0 bridgehead atoms. The van der Waals surface area contributed by atoms with Gasteiger partial charge >= 0.3 is 0 Å². The van der Waals surface area contributed by atoms with Crippen LogP contribution in [0.2, 0.25) is 0 Å². The van der Waals surface area contributed by atoms with Crippen LogP contribution in [0.3, 0.4) is 0 Å². The van der Waals surface area contributed by atoms with Crippen LogP contribution in [0.25, 0.3) is 0 Å². The van der Waals surface area contributed by atoms with E-state index in [9.17, 15) is 0 Å². The average molecular weight is 248 g/mol. The smallest absolute Gasteiger partial charge is 0.133 e. The maximum atomic E-state index is 4.74. The third-order valence-corrected chi connectivity index (χ3v) is 3.45. The van der Waals surface area contributed by atoms with Gasteiger partial charge in [0.2, 0.25) is 0 Å². The van der Waals surface area contributed by atoms with Gasteiger partial charge < -0.3 is 10.2 Å². The molecule has 4 nitrogen and oxygen atoms in total. The quantitative estimate of drug-likeness (QED) is 0.870. The fraction of sp³-hybridized carbons (Fsp3) is 0.714. The van der Waals surface area contributed by atoms with Crippen LogP contribution >= 0.6 is 0 Å². The largest absolute Gasteiger partial charge is 0.349 e. The number of nitrogens with one attached hydrogen (secondary N) is 1. The van der Waals surface area contributed by atoms with Gasteiger partial charge in [-0.25, -0.2) is 9.97 Å². The first-order valence-electron chi connectivity index (χ1n) is 6.74. The highest BCUT2D eigenvalue weighted by molar-refractivity contribution is 5.44. The molecule has 2 heterocycles. The maximum Gasteiger partial charge on any atom is 0.133 e. The third kappa shape index (κ3) is 2.64. The van der Waals surface area contributed by atoms with Crippen molar-refractivity contribution in [2.45, 2.75) is 46.1 Å². The molecule has 2 rings (SSSR count). The number of hydrogen-bond acceptors (Lipinski definition) is 4. The second-order valence-corrected chi connectivity index (χ2v) is 6.02. The van der Waals surface area contributed by atoms with Gasteiger partial charge in [-0.2, -0.15) is 0 Å². The molecule has 1 N–H and O–H groups in total. The van der Waals surface area contributed by atoms with Crippen molar-refractivity contribution in [3.63, 3.8) is 0 Å². The Labute approximate surface area is 110 Å². The monoisotopic (exact) mass is 248 g/mol. The molecule has 1 fully saturated rings. The highest BCUT2D eigenvalue weighted by Gasteiger charge is 2.30.